The molecule has 0 amide bonds. The largest absolute Gasteiger partial charge is 0.376 e. The molecule has 2 fully saturated rings. The van der Waals surface area contributed by atoms with Crippen LogP contribution in [0.5, 0.6) is 0 Å². The first-order valence-electron chi connectivity index (χ1n) is 7.88. The zero-order chi connectivity index (χ0) is 13.5. The third-order valence-corrected chi connectivity index (χ3v) is 4.21. The van der Waals surface area contributed by atoms with E-state index < -0.39 is 0 Å². The number of nitrogens with one attached hydrogen (secondary N) is 2. The molecule has 0 bridgehead atoms. The van der Waals surface area contributed by atoms with Crippen molar-refractivity contribution in [3.8, 4) is 0 Å². The standard InChI is InChI=1S/C15H29N3O.HI/c1-12-11-14(12)18-15(16-2)17-9-10-19-13-7-5-3-4-6-8-13;/h12-14H,3-11H2,1-2H3,(H2,16,17,18);1H. The van der Waals surface area contributed by atoms with Crippen LogP contribution >= 0.6 is 24.0 Å². The maximum atomic E-state index is 5.95. The maximum absolute atomic E-state index is 5.95. The molecule has 20 heavy (non-hydrogen) atoms. The van der Waals surface area contributed by atoms with Crippen LogP contribution in [0.15, 0.2) is 4.99 Å². The molecule has 2 saturated carbocycles. The number of halogens is 1. The summed E-state index contributed by atoms with van der Waals surface area (Å²) in [5.41, 5.74) is 0. The average molecular weight is 395 g/mol. The minimum atomic E-state index is 0. The summed E-state index contributed by atoms with van der Waals surface area (Å²) in [6.07, 6.45) is 9.67. The third-order valence-electron chi connectivity index (χ3n) is 4.21. The molecule has 0 aromatic heterocycles. The summed E-state index contributed by atoms with van der Waals surface area (Å²) in [6, 6.07) is 0.619. The van der Waals surface area contributed by atoms with E-state index >= 15 is 0 Å². The zero-order valence-electron chi connectivity index (χ0n) is 12.9. The summed E-state index contributed by atoms with van der Waals surface area (Å²) >= 11 is 0. The van der Waals surface area contributed by atoms with Gasteiger partial charge in [0.2, 0.25) is 0 Å². The summed E-state index contributed by atoms with van der Waals surface area (Å²) in [6.45, 7) is 3.89. The van der Waals surface area contributed by atoms with Crippen LogP contribution in [0.2, 0.25) is 0 Å². The second kappa shape index (κ2) is 9.82. The third kappa shape index (κ3) is 6.61. The fourth-order valence-electron chi connectivity index (χ4n) is 2.70. The van der Waals surface area contributed by atoms with Crippen molar-refractivity contribution in [2.45, 2.75) is 64.0 Å². The van der Waals surface area contributed by atoms with Crippen LogP contribution in [0.1, 0.15) is 51.9 Å². The maximum Gasteiger partial charge on any atom is 0.191 e. The molecule has 0 aromatic carbocycles. The lowest BCUT2D eigenvalue weighted by molar-refractivity contribution is 0.0468. The number of rotatable bonds is 5. The second-order valence-corrected chi connectivity index (χ2v) is 5.95. The highest BCUT2D eigenvalue weighted by Crippen LogP contribution is 2.28. The predicted molar refractivity (Wildman–Crippen MR) is 94.9 cm³/mol. The Morgan fingerprint density at radius 2 is 1.85 bits per heavy atom. The summed E-state index contributed by atoms with van der Waals surface area (Å²) in [4.78, 5) is 4.24. The van der Waals surface area contributed by atoms with Gasteiger partial charge in [0.15, 0.2) is 5.96 Å². The number of aliphatic imine (C=N–C) groups is 1. The molecule has 2 unspecified atom stereocenters. The average Bonchev–Trinajstić information content (AvgIpc) is 3.16. The molecule has 2 rings (SSSR count). The van der Waals surface area contributed by atoms with E-state index in [9.17, 15) is 0 Å². The van der Waals surface area contributed by atoms with Crippen molar-refractivity contribution >= 4 is 29.9 Å². The van der Waals surface area contributed by atoms with E-state index in [2.05, 4.69) is 22.5 Å². The Kier molecular flexibility index (Phi) is 8.84. The minimum Gasteiger partial charge on any atom is -0.376 e. The quantitative estimate of drug-likeness (QED) is 0.247. The molecule has 2 N–H and O–H groups in total. The van der Waals surface area contributed by atoms with Crippen LogP contribution in [0.3, 0.4) is 0 Å². The number of ether oxygens (including phenoxy) is 1. The normalized spacial score (nSPS) is 27.4. The van der Waals surface area contributed by atoms with Gasteiger partial charge in [-0.3, -0.25) is 4.99 Å². The molecular weight excluding hydrogens is 365 g/mol. The van der Waals surface area contributed by atoms with Crippen molar-refractivity contribution in [2.75, 3.05) is 20.2 Å². The second-order valence-electron chi connectivity index (χ2n) is 5.95. The summed E-state index contributed by atoms with van der Waals surface area (Å²) in [7, 11) is 1.83. The Labute approximate surface area is 140 Å². The van der Waals surface area contributed by atoms with Gasteiger partial charge in [0.1, 0.15) is 0 Å². The summed E-state index contributed by atoms with van der Waals surface area (Å²) < 4.78 is 5.95. The van der Waals surface area contributed by atoms with E-state index in [1.807, 2.05) is 7.05 Å². The fourth-order valence-corrected chi connectivity index (χ4v) is 2.70. The monoisotopic (exact) mass is 395 g/mol. The predicted octanol–water partition coefficient (Wildman–Crippen LogP) is 2.92. The molecule has 5 heteroatoms. The van der Waals surface area contributed by atoms with Crippen LogP contribution in [0.25, 0.3) is 0 Å². The molecule has 0 aromatic rings. The number of guanidine groups is 1. The van der Waals surface area contributed by atoms with Crippen LogP contribution in [-0.2, 0) is 4.74 Å². The first-order valence-corrected chi connectivity index (χ1v) is 7.88. The summed E-state index contributed by atoms with van der Waals surface area (Å²) in [5.74, 6) is 1.71. The lowest BCUT2D eigenvalue weighted by Gasteiger charge is -2.16. The molecule has 2 aliphatic carbocycles. The highest BCUT2D eigenvalue weighted by atomic mass is 127. The van der Waals surface area contributed by atoms with Gasteiger partial charge in [0.05, 0.1) is 12.7 Å². The van der Waals surface area contributed by atoms with Crippen molar-refractivity contribution in [3.63, 3.8) is 0 Å². The smallest absolute Gasteiger partial charge is 0.191 e. The van der Waals surface area contributed by atoms with Gasteiger partial charge >= 0.3 is 0 Å². The van der Waals surface area contributed by atoms with Gasteiger partial charge in [0.25, 0.3) is 0 Å². The first-order chi connectivity index (χ1) is 9.29. The Morgan fingerprint density at radius 3 is 2.40 bits per heavy atom. The van der Waals surface area contributed by atoms with Crippen molar-refractivity contribution in [1.29, 1.82) is 0 Å². The van der Waals surface area contributed by atoms with Gasteiger partial charge in [0, 0.05) is 19.6 Å². The van der Waals surface area contributed by atoms with E-state index in [1.165, 1.54) is 44.9 Å². The Bertz CT molecular complexity index is 291. The minimum absolute atomic E-state index is 0. The van der Waals surface area contributed by atoms with Crippen molar-refractivity contribution in [2.24, 2.45) is 10.9 Å². The summed E-state index contributed by atoms with van der Waals surface area (Å²) in [5, 5.41) is 6.75. The highest BCUT2D eigenvalue weighted by molar-refractivity contribution is 14.0. The van der Waals surface area contributed by atoms with E-state index in [1.54, 1.807) is 0 Å². The van der Waals surface area contributed by atoms with Gasteiger partial charge in [-0.1, -0.05) is 32.6 Å². The zero-order valence-corrected chi connectivity index (χ0v) is 15.2. The van der Waals surface area contributed by atoms with Gasteiger partial charge in [-0.15, -0.1) is 24.0 Å². The number of hydrogen-bond donors (Lipinski definition) is 2. The van der Waals surface area contributed by atoms with Crippen molar-refractivity contribution < 1.29 is 4.74 Å². The van der Waals surface area contributed by atoms with Gasteiger partial charge in [-0.2, -0.15) is 0 Å². The molecule has 0 heterocycles. The lowest BCUT2D eigenvalue weighted by Crippen LogP contribution is -2.40. The van der Waals surface area contributed by atoms with E-state index in [0.29, 0.717) is 12.1 Å². The van der Waals surface area contributed by atoms with Gasteiger partial charge < -0.3 is 15.4 Å². The fraction of sp³-hybridized carbons (Fsp3) is 0.933. The SMILES string of the molecule is CN=C(NCCOC1CCCCCC1)NC1CC1C.I. The van der Waals surface area contributed by atoms with Crippen molar-refractivity contribution in [1.82, 2.24) is 10.6 Å². The number of hydrogen-bond acceptors (Lipinski definition) is 2. The Morgan fingerprint density at radius 1 is 1.20 bits per heavy atom. The van der Waals surface area contributed by atoms with Crippen LogP contribution in [0, 0.1) is 5.92 Å². The highest BCUT2D eigenvalue weighted by Gasteiger charge is 2.33. The van der Waals surface area contributed by atoms with Crippen LogP contribution in [-0.4, -0.2) is 38.3 Å². The van der Waals surface area contributed by atoms with Crippen LogP contribution < -0.4 is 10.6 Å². The number of nitrogens with zero attached hydrogens (tertiary/aromatic N) is 1. The Balaban J connectivity index is 0.00000200. The molecule has 2 atom stereocenters. The lowest BCUT2D eigenvalue weighted by atomic mass is 10.1. The van der Waals surface area contributed by atoms with E-state index in [-0.39, 0.29) is 24.0 Å². The van der Waals surface area contributed by atoms with E-state index in [0.717, 1.165) is 25.0 Å². The molecule has 0 aliphatic heterocycles. The molecule has 0 spiro atoms. The first kappa shape index (κ1) is 18.0. The topological polar surface area (TPSA) is 45.7 Å². The molecule has 4 nitrogen and oxygen atoms in total. The van der Waals surface area contributed by atoms with Gasteiger partial charge in [-0.25, -0.2) is 0 Å². The molecule has 2 aliphatic rings. The Hall–Kier alpha value is -0.0400. The molecule has 0 radical (unpaired) electrons. The molecular formula is C15H30IN3O. The molecule has 0 saturated heterocycles. The van der Waals surface area contributed by atoms with E-state index in [4.69, 9.17) is 4.74 Å². The van der Waals surface area contributed by atoms with Crippen molar-refractivity contribution in [3.05, 3.63) is 0 Å². The van der Waals surface area contributed by atoms with Crippen LogP contribution in [0.4, 0.5) is 0 Å². The van der Waals surface area contributed by atoms with Gasteiger partial charge in [-0.05, 0) is 25.2 Å². The molecule has 118 valence electrons.